The number of amides is 1. The van der Waals surface area contributed by atoms with E-state index in [1.165, 1.54) is 0 Å². The molecule has 0 saturated heterocycles. The summed E-state index contributed by atoms with van der Waals surface area (Å²) >= 11 is 7.70. The highest BCUT2D eigenvalue weighted by atomic mass is 35.5. The van der Waals surface area contributed by atoms with Crippen LogP contribution in [0.25, 0.3) is 22.3 Å². The van der Waals surface area contributed by atoms with Crippen LogP contribution in [0.15, 0.2) is 83.8 Å². The number of carbonyl (C=O) groups excluding carboxylic acids is 1. The van der Waals surface area contributed by atoms with Crippen molar-refractivity contribution in [1.82, 2.24) is 10.3 Å². The molecule has 0 spiro atoms. The van der Waals surface area contributed by atoms with Crippen molar-refractivity contribution in [3.05, 3.63) is 100.0 Å². The van der Waals surface area contributed by atoms with Crippen LogP contribution in [-0.2, 0) is 6.54 Å². The van der Waals surface area contributed by atoms with E-state index >= 15 is 0 Å². The quantitative estimate of drug-likeness (QED) is 0.439. The molecule has 5 heteroatoms. The second-order valence-electron chi connectivity index (χ2n) is 6.36. The summed E-state index contributed by atoms with van der Waals surface area (Å²) in [4.78, 5) is 16.8. The van der Waals surface area contributed by atoms with E-state index in [4.69, 9.17) is 11.6 Å². The summed E-state index contributed by atoms with van der Waals surface area (Å²) in [5.74, 6) is -0.112. The molecule has 2 aromatic carbocycles. The molecule has 0 unspecified atom stereocenters. The molecule has 0 saturated carbocycles. The molecule has 0 atom stereocenters. The molecule has 0 aliphatic heterocycles. The second-order valence-corrected chi connectivity index (χ2v) is 7.58. The number of aromatic nitrogens is 1. The Balaban J connectivity index is 1.42. The van der Waals surface area contributed by atoms with E-state index in [1.807, 2.05) is 60.1 Å². The average Bonchev–Trinajstić information content (AvgIpc) is 3.27. The maximum atomic E-state index is 12.5. The van der Waals surface area contributed by atoms with Crippen molar-refractivity contribution in [2.75, 3.05) is 0 Å². The molecule has 3 nitrogen and oxygen atoms in total. The minimum Gasteiger partial charge on any atom is -0.348 e. The molecule has 0 radical (unpaired) electrons. The van der Waals surface area contributed by atoms with E-state index in [-0.39, 0.29) is 5.91 Å². The summed E-state index contributed by atoms with van der Waals surface area (Å²) in [5, 5.41) is 7.77. The van der Waals surface area contributed by atoms with Crippen LogP contribution in [0.2, 0.25) is 5.02 Å². The Morgan fingerprint density at radius 3 is 2.54 bits per heavy atom. The number of nitrogens with one attached hydrogen (secondary N) is 1. The van der Waals surface area contributed by atoms with Crippen molar-refractivity contribution < 1.29 is 4.79 Å². The summed E-state index contributed by atoms with van der Waals surface area (Å²) in [6.45, 7) is 0.430. The van der Waals surface area contributed by atoms with E-state index in [2.05, 4.69) is 27.8 Å². The molecule has 4 rings (SSSR count). The topological polar surface area (TPSA) is 42.0 Å². The van der Waals surface area contributed by atoms with Gasteiger partial charge in [-0.15, -0.1) is 0 Å². The van der Waals surface area contributed by atoms with Gasteiger partial charge in [0.2, 0.25) is 0 Å². The first kappa shape index (κ1) is 18.4. The molecule has 1 N–H and O–H groups in total. The maximum Gasteiger partial charge on any atom is 0.251 e. The van der Waals surface area contributed by atoms with Gasteiger partial charge in [0.05, 0.1) is 0 Å². The Bertz CT molecular complexity index is 1090. The lowest BCUT2D eigenvalue weighted by atomic mass is 10.0. The Labute approximate surface area is 172 Å². The van der Waals surface area contributed by atoms with E-state index in [0.29, 0.717) is 17.1 Å². The number of hydrogen-bond donors (Lipinski definition) is 1. The van der Waals surface area contributed by atoms with Crippen molar-refractivity contribution in [3.63, 3.8) is 0 Å². The summed E-state index contributed by atoms with van der Waals surface area (Å²) in [6.07, 6.45) is 3.61. The molecule has 4 aromatic rings. The molecular formula is C23H17ClN2OS. The molecular weight excluding hydrogens is 388 g/mol. The number of hydrogen-bond acceptors (Lipinski definition) is 3. The second kappa shape index (κ2) is 8.38. The van der Waals surface area contributed by atoms with E-state index in [0.717, 1.165) is 27.8 Å². The van der Waals surface area contributed by atoms with E-state index < -0.39 is 0 Å². The molecule has 2 heterocycles. The van der Waals surface area contributed by atoms with Gasteiger partial charge in [0.1, 0.15) is 0 Å². The largest absolute Gasteiger partial charge is 0.348 e. The lowest BCUT2D eigenvalue weighted by molar-refractivity contribution is 0.0951. The van der Waals surface area contributed by atoms with Gasteiger partial charge in [0, 0.05) is 35.1 Å². The van der Waals surface area contributed by atoms with E-state index in [1.54, 1.807) is 17.5 Å². The number of rotatable bonds is 5. The molecule has 0 aliphatic rings. The van der Waals surface area contributed by atoms with Crippen molar-refractivity contribution in [1.29, 1.82) is 0 Å². The molecule has 2 aromatic heterocycles. The van der Waals surface area contributed by atoms with Gasteiger partial charge in [0.15, 0.2) is 0 Å². The maximum absolute atomic E-state index is 12.5. The summed E-state index contributed by atoms with van der Waals surface area (Å²) in [6, 6.07) is 19.3. The fraction of sp³-hybridized carbons (Fsp3) is 0.0435. The first-order valence-electron chi connectivity index (χ1n) is 8.80. The van der Waals surface area contributed by atoms with Crippen molar-refractivity contribution in [2.24, 2.45) is 0 Å². The molecule has 0 bridgehead atoms. The van der Waals surface area contributed by atoms with Crippen molar-refractivity contribution in [2.45, 2.75) is 6.54 Å². The monoisotopic (exact) mass is 404 g/mol. The zero-order valence-electron chi connectivity index (χ0n) is 14.9. The number of benzene rings is 2. The third-order valence-electron chi connectivity index (χ3n) is 4.41. The highest BCUT2D eigenvalue weighted by Gasteiger charge is 2.07. The smallest absolute Gasteiger partial charge is 0.251 e. The predicted molar refractivity (Wildman–Crippen MR) is 116 cm³/mol. The molecule has 0 aliphatic carbocycles. The minimum absolute atomic E-state index is 0.112. The first-order valence-corrected chi connectivity index (χ1v) is 10.1. The molecule has 28 heavy (non-hydrogen) atoms. The molecule has 138 valence electrons. The standard InChI is InChI=1S/C23H17ClN2OS/c24-22-3-1-2-19(11-22)17-4-6-18(7-5-17)23(27)26-13-16-10-21(14-25-12-16)20-8-9-28-15-20/h1-12,14-15H,13H2,(H,26,27). The zero-order valence-corrected chi connectivity index (χ0v) is 16.5. The van der Waals surface area contributed by atoms with Crippen LogP contribution >= 0.6 is 22.9 Å². The van der Waals surface area contributed by atoms with Gasteiger partial charge >= 0.3 is 0 Å². The van der Waals surface area contributed by atoms with Gasteiger partial charge in [-0.1, -0.05) is 35.9 Å². The number of nitrogens with zero attached hydrogens (tertiary/aromatic N) is 1. The first-order chi connectivity index (χ1) is 13.7. The molecule has 0 fully saturated rings. The van der Waals surface area contributed by atoms with Gasteiger partial charge in [-0.05, 0) is 69.4 Å². The van der Waals surface area contributed by atoms with E-state index in [9.17, 15) is 4.79 Å². The third-order valence-corrected chi connectivity index (χ3v) is 5.33. The third kappa shape index (κ3) is 4.30. The lowest BCUT2D eigenvalue weighted by Gasteiger charge is -2.08. The van der Waals surface area contributed by atoms with Crippen LogP contribution in [0.5, 0.6) is 0 Å². The number of carbonyl (C=O) groups is 1. The summed E-state index contributed by atoms with van der Waals surface area (Å²) in [7, 11) is 0. The SMILES string of the molecule is O=C(NCc1cncc(-c2ccsc2)c1)c1ccc(-c2cccc(Cl)c2)cc1. The summed E-state index contributed by atoms with van der Waals surface area (Å²) < 4.78 is 0. The van der Waals surface area contributed by atoms with Crippen molar-refractivity contribution in [3.8, 4) is 22.3 Å². The van der Waals surface area contributed by atoms with Crippen LogP contribution in [-0.4, -0.2) is 10.9 Å². The Kier molecular flexibility index (Phi) is 5.51. The highest BCUT2D eigenvalue weighted by Crippen LogP contribution is 2.23. The fourth-order valence-corrected chi connectivity index (χ4v) is 3.79. The van der Waals surface area contributed by atoms with Crippen molar-refractivity contribution >= 4 is 28.8 Å². The predicted octanol–water partition coefficient (Wildman–Crippen LogP) is 6.06. The highest BCUT2D eigenvalue weighted by molar-refractivity contribution is 7.08. The Morgan fingerprint density at radius 2 is 1.79 bits per heavy atom. The van der Waals surface area contributed by atoms with Crippen LogP contribution in [0.1, 0.15) is 15.9 Å². The van der Waals surface area contributed by atoms with Gasteiger partial charge in [-0.3, -0.25) is 9.78 Å². The van der Waals surface area contributed by atoms with Gasteiger partial charge in [-0.2, -0.15) is 11.3 Å². The Hall–Kier alpha value is -2.95. The number of halogens is 1. The van der Waals surface area contributed by atoms with Gasteiger partial charge in [0.25, 0.3) is 5.91 Å². The fourth-order valence-electron chi connectivity index (χ4n) is 2.94. The number of thiophene rings is 1. The van der Waals surface area contributed by atoms with Crippen LogP contribution in [0.3, 0.4) is 0 Å². The minimum atomic E-state index is -0.112. The zero-order chi connectivity index (χ0) is 19.3. The average molecular weight is 405 g/mol. The summed E-state index contributed by atoms with van der Waals surface area (Å²) in [5.41, 5.74) is 5.82. The number of pyridine rings is 1. The van der Waals surface area contributed by atoms with Crippen LogP contribution in [0, 0.1) is 0 Å². The Morgan fingerprint density at radius 1 is 0.929 bits per heavy atom. The van der Waals surface area contributed by atoms with Crippen LogP contribution < -0.4 is 5.32 Å². The van der Waals surface area contributed by atoms with Gasteiger partial charge in [-0.25, -0.2) is 0 Å². The molecule has 1 amide bonds. The lowest BCUT2D eigenvalue weighted by Crippen LogP contribution is -2.22. The van der Waals surface area contributed by atoms with Crippen LogP contribution in [0.4, 0.5) is 0 Å². The normalized spacial score (nSPS) is 10.6. The van der Waals surface area contributed by atoms with Gasteiger partial charge < -0.3 is 5.32 Å².